The zero-order valence-electron chi connectivity index (χ0n) is 8.37. The van der Waals surface area contributed by atoms with Crippen molar-refractivity contribution in [2.24, 2.45) is 0 Å². The van der Waals surface area contributed by atoms with Crippen LogP contribution in [0.2, 0.25) is 0 Å². The molecule has 2 N–H and O–H groups in total. The first-order valence-corrected chi connectivity index (χ1v) is 5.31. The Morgan fingerprint density at radius 2 is 2.21 bits per heavy atom. The molecule has 1 aliphatic heterocycles. The monoisotopic (exact) mass is 191 g/mol. The lowest BCUT2D eigenvalue weighted by Gasteiger charge is -2.13. The Morgan fingerprint density at radius 1 is 1.36 bits per heavy atom. The van der Waals surface area contributed by atoms with E-state index in [1.807, 2.05) is 0 Å². The molecule has 0 radical (unpaired) electrons. The van der Waals surface area contributed by atoms with Gasteiger partial charge in [0.15, 0.2) is 0 Å². The average molecular weight is 191 g/mol. The van der Waals surface area contributed by atoms with Crippen molar-refractivity contribution in [2.75, 3.05) is 19.7 Å². The molecule has 1 fully saturated rings. The van der Waals surface area contributed by atoms with Gasteiger partial charge in [-0.15, -0.1) is 0 Å². The highest BCUT2D eigenvalue weighted by Crippen LogP contribution is 2.25. The van der Waals surface area contributed by atoms with Crippen molar-refractivity contribution in [3.8, 4) is 0 Å². The van der Waals surface area contributed by atoms with Gasteiger partial charge in [-0.1, -0.05) is 24.3 Å². The SMILES string of the molecule is OCCc1ccccc1C1CCNC1. The molecule has 2 rings (SSSR count). The van der Waals surface area contributed by atoms with Gasteiger partial charge in [-0.3, -0.25) is 0 Å². The molecule has 2 heteroatoms. The second kappa shape index (κ2) is 4.58. The van der Waals surface area contributed by atoms with Gasteiger partial charge in [0.05, 0.1) is 0 Å². The van der Waals surface area contributed by atoms with Crippen molar-refractivity contribution in [1.29, 1.82) is 0 Å². The maximum atomic E-state index is 8.97. The van der Waals surface area contributed by atoms with E-state index >= 15 is 0 Å². The summed E-state index contributed by atoms with van der Waals surface area (Å²) >= 11 is 0. The van der Waals surface area contributed by atoms with Gasteiger partial charge in [0.1, 0.15) is 0 Å². The van der Waals surface area contributed by atoms with Gasteiger partial charge in [0, 0.05) is 13.2 Å². The quantitative estimate of drug-likeness (QED) is 0.754. The largest absolute Gasteiger partial charge is 0.396 e. The maximum Gasteiger partial charge on any atom is 0.0471 e. The summed E-state index contributed by atoms with van der Waals surface area (Å²) in [6.07, 6.45) is 2.01. The molecule has 0 bridgehead atoms. The van der Waals surface area contributed by atoms with Gasteiger partial charge < -0.3 is 10.4 Å². The summed E-state index contributed by atoms with van der Waals surface area (Å²) in [4.78, 5) is 0. The van der Waals surface area contributed by atoms with Crippen LogP contribution in [0.25, 0.3) is 0 Å². The van der Waals surface area contributed by atoms with Crippen LogP contribution in [0, 0.1) is 0 Å². The van der Waals surface area contributed by atoms with Crippen LogP contribution in [0.4, 0.5) is 0 Å². The van der Waals surface area contributed by atoms with Gasteiger partial charge in [-0.25, -0.2) is 0 Å². The summed E-state index contributed by atoms with van der Waals surface area (Å²) in [5.41, 5.74) is 2.73. The second-order valence-corrected chi connectivity index (χ2v) is 3.86. The Hall–Kier alpha value is -0.860. The molecule has 2 nitrogen and oxygen atoms in total. The van der Waals surface area contributed by atoms with Crippen molar-refractivity contribution in [2.45, 2.75) is 18.8 Å². The van der Waals surface area contributed by atoms with Gasteiger partial charge in [-0.2, -0.15) is 0 Å². The number of rotatable bonds is 3. The van der Waals surface area contributed by atoms with E-state index in [0.717, 1.165) is 19.5 Å². The lowest BCUT2D eigenvalue weighted by Crippen LogP contribution is -2.09. The molecule has 0 saturated carbocycles. The van der Waals surface area contributed by atoms with Crippen molar-refractivity contribution >= 4 is 0 Å². The Kier molecular flexibility index (Phi) is 3.17. The van der Waals surface area contributed by atoms with E-state index in [1.54, 1.807) is 0 Å². The number of nitrogens with one attached hydrogen (secondary N) is 1. The van der Waals surface area contributed by atoms with Crippen LogP contribution in [0.1, 0.15) is 23.5 Å². The molecule has 76 valence electrons. The average Bonchev–Trinajstić information content (AvgIpc) is 2.72. The highest BCUT2D eigenvalue weighted by molar-refractivity contribution is 5.31. The number of hydrogen-bond acceptors (Lipinski definition) is 2. The second-order valence-electron chi connectivity index (χ2n) is 3.86. The first-order chi connectivity index (χ1) is 6.92. The Labute approximate surface area is 85.0 Å². The van der Waals surface area contributed by atoms with Crippen molar-refractivity contribution < 1.29 is 5.11 Å². The van der Waals surface area contributed by atoms with E-state index in [0.29, 0.717) is 5.92 Å². The van der Waals surface area contributed by atoms with Gasteiger partial charge >= 0.3 is 0 Å². The topological polar surface area (TPSA) is 32.3 Å². The van der Waals surface area contributed by atoms with E-state index < -0.39 is 0 Å². The molecule has 0 spiro atoms. The Balaban J connectivity index is 2.21. The smallest absolute Gasteiger partial charge is 0.0471 e. The first-order valence-electron chi connectivity index (χ1n) is 5.31. The van der Waals surface area contributed by atoms with Gasteiger partial charge in [0.2, 0.25) is 0 Å². The van der Waals surface area contributed by atoms with Gasteiger partial charge in [0.25, 0.3) is 0 Å². The van der Waals surface area contributed by atoms with E-state index in [4.69, 9.17) is 5.11 Å². The summed E-state index contributed by atoms with van der Waals surface area (Å²) in [5.74, 6) is 0.651. The molecular weight excluding hydrogens is 174 g/mol. The summed E-state index contributed by atoms with van der Waals surface area (Å²) in [5, 5.41) is 12.3. The third-order valence-corrected chi connectivity index (χ3v) is 2.94. The molecule has 0 aromatic heterocycles. The number of benzene rings is 1. The predicted octanol–water partition coefficient (Wildman–Crippen LogP) is 1.30. The molecule has 1 aliphatic rings. The van der Waals surface area contributed by atoms with Crippen LogP contribution < -0.4 is 5.32 Å². The molecule has 0 aliphatic carbocycles. The van der Waals surface area contributed by atoms with E-state index in [1.165, 1.54) is 17.5 Å². The minimum atomic E-state index is 0.247. The number of aliphatic hydroxyl groups excluding tert-OH is 1. The highest BCUT2D eigenvalue weighted by atomic mass is 16.2. The molecule has 1 aromatic rings. The van der Waals surface area contributed by atoms with Crippen LogP contribution in [0.15, 0.2) is 24.3 Å². The van der Waals surface area contributed by atoms with Crippen LogP contribution >= 0.6 is 0 Å². The van der Waals surface area contributed by atoms with Crippen molar-refractivity contribution in [1.82, 2.24) is 5.32 Å². The summed E-state index contributed by atoms with van der Waals surface area (Å²) in [6.45, 7) is 2.46. The summed E-state index contributed by atoms with van der Waals surface area (Å²) in [7, 11) is 0. The van der Waals surface area contributed by atoms with Crippen molar-refractivity contribution in [3.05, 3.63) is 35.4 Å². The third-order valence-electron chi connectivity index (χ3n) is 2.94. The minimum Gasteiger partial charge on any atom is -0.396 e. The standard InChI is InChI=1S/C12H17NO/c14-8-6-10-3-1-2-4-12(10)11-5-7-13-9-11/h1-4,11,13-14H,5-9H2. The summed E-state index contributed by atoms with van der Waals surface area (Å²) in [6, 6.07) is 8.47. The van der Waals surface area contributed by atoms with Crippen molar-refractivity contribution in [3.63, 3.8) is 0 Å². The fourth-order valence-electron chi connectivity index (χ4n) is 2.20. The highest BCUT2D eigenvalue weighted by Gasteiger charge is 2.18. The van der Waals surface area contributed by atoms with Crippen LogP contribution in [0.5, 0.6) is 0 Å². The Morgan fingerprint density at radius 3 is 2.93 bits per heavy atom. The van der Waals surface area contributed by atoms with E-state index in [-0.39, 0.29) is 6.61 Å². The first kappa shape index (κ1) is 9.69. The molecule has 0 amide bonds. The molecule has 1 aromatic carbocycles. The Bertz CT molecular complexity index is 292. The summed E-state index contributed by atoms with van der Waals surface area (Å²) < 4.78 is 0. The zero-order chi connectivity index (χ0) is 9.80. The normalized spacial score (nSPS) is 21.4. The molecule has 1 atom stereocenters. The lowest BCUT2D eigenvalue weighted by atomic mass is 9.92. The number of aliphatic hydroxyl groups is 1. The van der Waals surface area contributed by atoms with E-state index in [2.05, 4.69) is 29.6 Å². The molecule has 1 saturated heterocycles. The van der Waals surface area contributed by atoms with Crippen LogP contribution in [0.3, 0.4) is 0 Å². The van der Waals surface area contributed by atoms with Gasteiger partial charge in [-0.05, 0) is 36.4 Å². The third kappa shape index (κ3) is 1.97. The van der Waals surface area contributed by atoms with Crippen LogP contribution in [-0.4, -0.2) is 24.8 Å². The molecule has 1 unspecified atom stereocenters. The van der Waals surface area contributed by atoms with Crippen LogP contribution in [-0.2, 0) is 6.42 Å². The minimum absolute atomic E-state index is 0.247. The fraction of sp³-hybridized carbons (Fsp3) is 0.500. The van der Waals surface area contributed by atoms with E-state index in [9.17, 15) is 0 Å². The fourth-order valence-corrected chi connectivity index (χ4v) is 2.20. The zero-order valence-corrected chi connectivity index (χ0v) is 8.37. The predicted molar refractivity (Wildman–Crippen MR) is 57.5 cm³/mol. The number of hydrogen-bond donors (Lipinski definition) is 2. The molecule has 14 heavy (non-hydrogen) atoms. The maximum absolute atomic E-state index is 8.97. The molecule has 1 heterocycles. The molecular formula is C12H17NO. The lowest BCUT2D eigenvalue weighted by molar-refractivity contribution is 0.299.